The number of carboxylic acid groups (broad SMARTS) is 1. The van der Waals surface area contributed by atoms with E-state index < -0.39 is 71.5 Å². The van der Waals surface area contributed by atoms with Crippen LogP contribution in [0.5, 0.6) is 0 Å². The minimum atomic E-state index is -1.26. The molecule has 0 aromatic carbocycles. The molecule has 1 aliphatic heterocycles. The predicted octanol–water partition coefficient (Wildman–Crippen LogP) is -2.27. The molecule has 0 fully saturated rings. The second kappa shape index (κ2) is 15.1. The van der Waals surface area contributed by atoms with Crippen LogP contribution in [0.3, 0.4) is 0 Å². The van der Waals surface area contributed by atoms with Crippen molar-refractivity contribution in [3.8, 4) is 0 Å². The number of ether oxygens (including phenoxy) is 1. The Morgan fingerprint density at radius 2 is 1.32 bits per heavy atom. The molecule has 0 aromatic heterocycles. The van der Waals surface area contributed by atoms with Gasteiger partial charge in [0.2, 0.25) is 23.6 Å². The van der Waals surface area contributed by atoms with E-state index in [0.717, 1.165) is 24.2 Å². The zero-order valence-electron chi connectivity index (χ0n) is 21.6. The summed E-state index contributed by atoms with van der Waals surface area (Å²) in [6.07, 6.45) is 1.90. The molecule has 1 aliphatic rings. The summed E-state index contributed by atoms with van der Waals surface area (Å²) in [5.74, 6) is -5.72. The van der Waals surface area contributed by atoms with Crippen LogP contribution in [0.1, 0.15) is 46.5 Å². The Balaban J connectivity index is 2.68. The molecule has 1 heterocycles. The first kappa shape index (κ1) is 31.7. The van der Waals surface area contributed by atoms with Crippen LogP contribution in [0.4, 0.5) is 0 Å². The zero-order chi connectivity index (χ0) is 29.0. The van der Waals surface area contributed by atoms with Gasteiger partial charge in [0.1, 0.15) is 24.2 Å². The van der Waals surface area contributed by atoms with Gasteiger partial charge in [0.05, 0.1) is 7.11 Å². The third-order valence-corrected chi connectivity index (χ3v) is 5.44. The van der Waals surface area contributed by atoms with Crippen molar-refractivity contribution < 1.29 is 48.2 Å². The third kappa shape index (κ3) is 10.4. The number of hydrogen-bond donors (Lipinski definition) is 5. The predicted molar refractivity (Wildman–Crippen MR) is 129 cm³/mol. The highest BCUT2D eigenvalue weighted by molar-refractivity contribution is 6.12. The second-order valence-corrected chi connectivity index (χ2v) is 8.53. The number of rotatable bonds is 15. The summed E-state index contributed by atoms with van der Waals surface area (Å²) in [6, 6.07) is -4.66. The maximum absolute atomic E-state index is 12.8. The highest BCUT2D eigenvalue weighted by atomic mass is 16.5. The van der Waals surface area contributed by atoms with Crippen molar-refractivity contribution in [2.24, 2.45) is 0 Å². The summed E-state index contributed by atoms with van der Waals surface area (Å²) in [7, 11) is 1.16. The average Bonchev–Trinajstić information content (AvgIpc) is 3.17. The van der Waals surface area contributed by atoms with Crippen LogP contribution in [-0.2, 0) is 43.1 Å². The van der Waals surface area contributed by atoms with Crippen LogP contribution >= 0.6 is 0 Å². The van der Waals surface area contributed by atoms with Gasteiger partial charge < -0.3 is 31.1 Å². The Labute approximate surface area is 218 Å². The molecule has 15 heteroatoms. The number of carbonyl (C=O) groups is 8. The summed E-state index contributed by atoms with van der Waals surface area (Å²) in [4.78, 5) is 96.2. The molecule has 0 aromatic rings. The van der Waals surface area contributed by atoms with Crippen LogP contribution < -0.4 is 21.3 Å². The van der Waals surface area contributed by atoms with E-state index in [1.165, 1.54) is 20.8 Å². The molecule has 4 atom stereocenters. The van der Waals surface area contributed by atoms with E-state index in [1.807, 2.05) is 0 Å². The van der Waals surface area contributed by atoms with Gasteiger partial charge in [0.15, 0.2) is 0 Å². The smallest absolute Gasteiger partial charge is 0.325 e. The minimum absolute atomic E-state index is 0.00528. The van der Waals surface area contributed by atoms with Crippen LogP contribution in [0.25, 0.3) is 0 Å². The lowest BCUT2D eigenvalue weighted by molar-refractivity contribution is -0.142. The van der Waals surface area contributed by atoms with Crippen molar-refractivity contribution in [2.75, 3.05) is 13.7 Å². The maximum atomic E-state index is 12.8. The number of carboxylic acids is 1. The first-order chi connectivity index (χ1) is 17.8. The molecule has 1 rings (SSSR count). The fourth-order valence-electron chi connectivity index (χ4n) is 3.13. The maximum Gasteiger partial charge on any atom is 0.325 e. The molecule has 0 bridgehead atoms. The van der Waals surface area contributed by atoms with Crippen molar-refractivity contribution in [3.63, 3.8) is 0 Å². The van der Waals surface area contributed by atoms with Gasteiger partial charge in [-0.15, -0.1) is 0 Å². The fourth-order valence-corrected chi connectivity index (χ4v) is 3.13. The summed E-state index contributed by atoms with van der Waals surface area (Å²) in [5, 5.41) is 18.3. The summed E-state index contributed by atoms with van der Waals surface area (Å²) in [6.45, 7) is 3.92. The highest BCUT2D eigenvalue weighted by Gasteiger charge is 2.28. The first-order valence-corrected chi connectivity index (χ1v) is 11.8. The molecule has 210 valence electrons. The van der Waals surface area contributed by atoms with Gasteiger partial charge in [-0.2, -0.15) is 0 Å². The van der Waals surface area contributed by atoms with E-state index in [9.17, 15) is 38.4 Å². The monoisotopic (exact) mass is 539 g/mol. The topological polar surface area (TPSA) is 217 Å². The van der Waals surface area contributed by atoms with Crippen molar-refractivity contribution in [3.05, 3.63) is 12.2 Å². The molecule has 6 amide bonds. The van der Waals surface area contributed by atoms with Crippen molar-refractivity contribution in [1.29, 1.82) is 0 Å². The van der Waals surface area contributed by atoms with Crippen molar-refractivity contribution in [2.45, 2.75) is 70.6 Å². The standard InChI is InChI=1S/C23H33N5O10/c1-12(21(34)26-14(3)23(36)37)24-20(33)13(2)25-22(35)15(7-10-19(32)38-4)27-16(29)6-5-11-28-17(30)8-9-18(28)31/h8-9,12-15H,5-7,10-11H2,1-4H3,(H,24,33)(H,25,35)(H,26,34)(H,27,29)(H,36,37)/t12-,13-,14-,15-/m0/s1. The van der Waals surface area contributed by atoms with E-state index in [2.05, 4.69) is 26.0 Å². The number of nitrogens with zero attached hydrogens (tertiary/aromatic N) is 1. The van der Waals surface area contributed by atoms with Gasteiger partial charge >= 0.3 is 11.9 Å². The molecule has 5 N–H and O–H groups in total. The molecule has 0 unspecified atom stereocenters. The van der Waals surface area contributed by atoms with Crippen molar-refractivity contribution in [1.82, 2.24) is 26.2 Å². The van der Waals surface area contributed by atoms with Gasteiger partial charge in [-0.1, -0.05) is 0 Å². The zero-order valence-corrected chi connectivity index (χ0v) is 21.6. The number of carbonyl (C=O) groups excluding carboxylic acids is 7. The SMILES string of the molecule is COC(=O)CC[C@H](NC(=O)CCCN1C(=O)C=CC1=O)C(=O)N[C@@H](C)C(=O)N[C@@H](C)C(=O)N[C@@H](C)C(=O)O. The van der Waals surface area contributed by atoms with E-state index in [-0.39, 0.29) is 32.2 Å². The molecular formula is C23H33N5O10. The van der Waals surface area contributed by atoms with Gasteiger partial charge in [0, 0.05) is 31.5 Å². The fraction of sp³-hybridized carbons (Fsp3) is 0.565. The number of aliphatic carboxylic acids is 1. The van der Waals surface area contributed by atoms with E-state index in [0.29, 0.717) is 0 Å². The minimum Gasteiger partial charge on any atom is -0.480 e. The number of nitrogens with one attached hydrogen (secondary N) is 4. The number of methoxy groups -OCH3 is 1. The summed E-state index contributed by atoms with van der Waals surface area (Å²) >= 11 is 0. The lowest BCUT2D eigenvalue weighted by atomic mass is 10.1. The molecule has 0 saturated heterocycles. The van der Waals surface area contributed by atoms with Crippen LogP contribution in [0.15, 0.2) is 12.2 Å². The number of hydrogen-bond acceptors (Lipinski definition) is 9. The van der Waals surface area contributed by atoms with Crippen LogP contribution in [0.2, 0.25) is 0 Å². The highest BCUT2D eigenvalue weighted by Crippen LogP contribution is 2.07. The summed E-state index contributed by atoms with van der Waals surface area (Å²) in [5.41, 5.74) is 0. The molecule has 15 nitrogen and oxygen atoms in total. The van der Waals surface area contributed by atoms with Gasteiger partial charge in [-0.3, -0.25) is 43.3 Å². The first-order valence-electron chi connectivity index (χ1n) is 11.8. The molecule has 0 aliphatic carbocycles. The number of amides is 6. The molecule has 0 saturated carbocycles. The Bertz CT molecular complexity index is 977. The van der Waals surface area contributed by atoms with Crippen LogP contribution in [0, 0.1) is 0 Å². The molecular weight excluding hydrogens is 506 g/mol. The second-order valence-electron chi connectivity index (χ2n) is 8.53. The Hall–Kier alpha value is -4.30. The Morgan fingerprint density at radius 1 is 0.816 bits per heavy atom. The largest absolute Gasteiger partial charge is 0.480 e. The van der Waals surface area contributed by atoms with Gasteiger partial charge in [0.25, 0.3) is 11.8 Å². The van der Waals surface area contributed by atoms with Gasteiger partial charge in [-0.25, -0.2) is 0 Å². The number of esters is 1. The van der Waals surface area contributed by atoms with E-state index in [4.69, 9.17) is 5.11 Å². The normalized spacial score (nSPS) is 15.6. The summed E-state index contributed by atoms with van der Waals surface area (Å²) < 4.78 is 4.56. The Kier molecular flexibility index (Phi) is 12.6. The molecule has 0 spiro atoms. The Morgan fingerprint density at radius 3 is 1.82 bits per heavy atom. The van der Waals surface area contributed by atoms with Gasteiger partial charge in [-0.05, 0) is 33.6 Å². The lowest BCUT2D eigenvalue weighted by Gasteiger charge is -2.22. The van der Waals surface area contributed by atoms with E-state index >= 15 is 0 Å². The molecule has 38 heavy (non-hydrogen) atoms. The van der Waals surface area contributed by atoms with E-state index in [1.54, 1.807) is 0 Å². The van der Waals surface area contributed by atoms with Crippen LogP contribution in [-0.4, -0.2) is 95.2 Å². The lowest BCUT2D eigenvalue weighted by Crippen LogP contribution is -2.56. The number of imide groups is 1. The quantitative estimate of drug-likeness (QED) is 0.111. The third-order valence-electron chi connectivity index (χ3n) is 5.44. The molecule has 0 radical (unpaired) electrons. The average molecular weight is 540 g/mol. The van der Waals surface area contributed by atoms with Crippen molar-refractivity contribution >= 4 is 47.4 Å².